The summed E-state index contributed by atoms with van der Waals surface area (Å²) < 4.78 is 5.27. The fraction of sp³-hybridized carbons (Fsp3) is 0.267. The smallest absolute Gasteiger partial charge is 0.191 e. The molecule has 1 aromatic heterocycles. The van der Waals surface area contributed by atoms with Gasteiger partial charge in [0.15, 0.2) is 5.96 Å². The Bertz CT molecular complexity index is 511. The lowest BCUT2D eigenvalue weighted by molar-refractivity contribution is 0.500. The van der Waals surface area contributed by atoms with Crippen LogP contribution in [0.5, 0.6) is 0 Å². The van der Waals surface area contributed by atoms with Gasteiger partial charge in [-0.05, 0) is 24.6 Å². The Hall–Kier alpha value is -1.50. The number of hydrogen-bond donors (Lipinski definition) is 2. The van der Waals surface area contributed by atoms with Crippen LogP contribution < -0.4 is 10.6 Å². The van der Waals surface area contributed by atoms with Gasteiger partial charge in [-0.25, -0.2) is 0 Å². The summed E-state index contributed by atoms with van der Waals surface area (Å²) in [5, 5.41) is 6.56. The topological polar surface area (TPSA) is 49.6 Å². The predicted octanol–water partition coefficient (Wildman–Crippen LogP) is 3.32. The number of guanidine groups is 1. The molecule has 5 heteroatoms. The van der Waals surface area contributed by atoms with Gasteiger partial charge in [-0.15, -0.1) is 24.0 Å². The summed E-state index contributed by atoms with van der Waals surface area (Å²) in [6, 6.07) is 14.3. The molecule has 1 atom stereocenters. The van der Waals surface area contributed by atoms with Crippen molar-refractivity contribution in [2.45, 2.75) is 19.5 Å². The first-order valence-corrected chi connectivity index (χ1v) is 6.34. The third-order valence-electron chi connectivity index (χ3n) is 2.89. The maximum atomic E-state index is 5.27. The number of furan rings is 1. The van der Waals surface area contributed by atoms with E-state index in [0.717, 1.165) is 11.7 Å². The molecule has 1 heterocycles. The molecule has 0 aliphatic heterocycles. The van der Waals surface area contributed by atoms with Gasteiger partial charge in [-0.2, -0.15) is 0 Å². The summed E-state index contributed by atoms with van der Waals surface area (Å²) in [4.78, 5) is 4.21. The van der Waals surface area contributed by atoms with Gasteiger partial charge in [0.2, 0.25) is 0 Å². The third kappa shape index (κ3) is 4.88. The van der Waals surface area contributed by atoms with Crippen LogP contribution in [-0.4, -0.2) is 13.0 Å². The first kappa shape index (κ1) is 16.6. The van der Waals surface area contributed by atoms with E-state index in [1.807, 2.05) is 30.3 Å². The van der Waals surface area contributed by atoms with E-state index in [4.69, 9.17) is 4.42 Å². The highest BCUT2D eigenvalue weighted by molar-refractivity contribution is 14.0. The normalized spacial score (nSPS) is 12.4. The van der Waals surface area contributed by atoms with Crippen LogP contribution in [0.15, 0.2) is 58.1 Å². The van der Waals surface area contributed by atoms with E-state index in [0.29, 0.717) is 6.54 Å². The molecular formula is C15H20IN3O. The molecular weight excluding hydrogens is 365 g/mol. The van der Waals surface area contributed by atoms with Gasteiger partial charge in [0.05, 0.1) is 18.8 Å². The molecule has 0 saturated heterocycles. The SMILES string of the molecule is CN=C(NCc1ccco1)NC(C)c1ccccc1.I. The zero-order valence-corrected chi connectivity index (χ0v) is 14.0. The number of hydrogen-bond acceptors (Lipinski definition) is 2. The third-order valence-corrected chi connectivity index (χ3v) is 2.89. The summed E-state index contributed by atoms with van der Waals surface area (Å²) in [6.45, 7) is 2.73. The van der Waals surface area contributed by atoms with Crippen molar-refractivity contribution in [3.05, 3.63) is 60.1 Å². The van der Waals surface area contributed by atoms with Crippen LogP contribution in [0.2, 0.25) is 0 Å². The molecule has 108 valence electrons. The minimum absolute atomic E-state index is 0. The lowest BCUT2D eigenvalue weighted by Crippen LogP contribution is -2.38. The Morgan fingerprint density at radius 3 is 2.55 bits per heavy atom. The molecule has 2 aromatic rings. The summed E-state index contributed by atoms with van der Waals surface area (Å²) in [6.07, 6.45) is 1.67. The number of benzene rings is 1. The van der Waals surface area contributed by atoms with Crippen molar-refractivity contribution in [3.8, 4) is 0 Å². The maximum Gasteiger partial charge on any atom is 0.191 e. The Balaban J connectivity index is 0.00000200. The van der Waals surface area contributed by atoms with E-state index >= 15 is 0 Å². The Morgan fingerprint density at radius 1 is 1.20 bits per heavy atom. The van der Waals surface area contributed by atoms with Crippen molar-refractivity contribution in [3.63, 3.8) is 0 Å². The molecule has 0 spiro atoms. The van der Waals surface area contributed by atoms with Crippen LogP contribution in [0.1, 0.15) is 24.3 Å². The van der Waals surface area contributed by atoms with Gasteiger partial charge >= 0.3 is 0 Å². The van der Waals surface area contributed by atoms with Gasteiger partial charge in [0.1, 0.15) is 5.76 Å². The monoisotopic (exact) mass is 385 g/mol. The van der Waals surface area contributed by atoms with E-state index in [1.54, 1.807) is 13.3 Å². The Labute approximate surface area is 136 Å². The lowest BCUT2D eigenvalue weighted by atomic mass is 10.1. The van der Waals surface area contributed by atoms with Crippen molar-refractivity contribution in [1.29, 1.82) is 0 Å². The summed E-state index contributed by atoms with van der Waals surface area (Å²) in [5.74, 6) is 1.64. The highest BCUT2D eigenvalue weighted by atomic mass is 127. The van der Waals surface area contributed by atoms with Crippen LogP contribution in [-0.2, 0) is 6.54 Å². The fourth-order valence-corrected chi connectivity index (χ4v) is 1.81. The molecule has 1 unspecified atom stereocenters. The average Bonchev–Trinajstić information content (AvgIpc) is 2.97. The molecule has 0 fully saturated rings. The lowest BCUT2D eigenvalue weighted by Gasteiger charge is -2.17. The van der Waals surface area contributed by atoms with Crippen molar-refractivity contribution < 1.29 is 4.42 Å². The van der Waals surface area contributed by atoms with E-state index in [1.165, 1.54) is 5.56 Å². The largest absolute Gasteiger partial charge is 0.467 e. The molecule has 0 aliphatic carbocycles. The quantitative estimate of drug-likeness (QED) is 0.482. The molecule has 0 radical (unpaired) electrons. The van der Waals surface area contributed by atoms with E-state index < -0.39 is 0 Å². The summed E-state index contributed by atoms with van der Waals surface area (Å²) >= 11 is 0. The first-order valence-electron chi connectivity index (χ1n) is 6.34. The van der Waals surface area contributed by atoms with Gasteiger partial charge in [-0.1, -0.05) is 30.3 Å². The van der Waals surface area contributed by atoms with Gasteiger partial charge in [-0.3, -0.25) is 4.99 Å². The number of halogens is 1. The van der Waals surface area contributed by atoms with Crippen molar-refractivity contribution in [2.75, 3.05) is 7.05 Å². The predicted molar refractivity (Wildman–Crippen MR) is 92.3 cm³/mol. The summed E-state index contributed by atoms with van der Waals surface area (Å²) in [5.41, 5.74) is 1.23. The summed E-state index contributed by atoms with van der Waals surface area (Å²) in [7, 11) is 1.76. The zero-order chi connectivity index (χ0) is 13.5. The van der Waals surface area contributed by atoms with Crippen molar-refractivity contribution >= 4 is 29.9 Å². The van der Waals surface area contributed by atoms with Crippen LogP contribution in [0.4, 0.5) is 0 Å². The molecule has 20 heavy (non-hydrogen) atoms. The molecule has 0 aliphatic rings. The van der Waals surface area contributed by atoms with Crippen molar-refractivity contribution in [1.82, 2.24) is 10.6 Å². The maximum absolute atomic E-state index is 5.27. The van der Waals surface area contributed by atoms with Gasteiger partial charge in [0.25, 0.3) is 0 Å². The van der Waals surface area contributed by atoms with E-state index in [-0.39, 0.29) is 30.0 Å². The molecule has 2 rings (SSSR count). The second-order valence-electron chi connectivity index (χ2n) is 4.28. The standard InChI is InChI=1S/C15H19N3O.HI/c1-12(13-7-4-3-5-8-13)18-15(16-2)17-11-14-9-6-10-19-14;/h3-10,12H,11H2,1-2H3,(H2,16,17,18);1H. The molecule has 0 saturated carbocycles. The van der Waals surface area contributed by atoms with Crippen LogP contribution in [0.25, 0.3) is 0 Å². The number of rotatable bonds is 4. The molecule has 2 N–H and O–H groups in total. The number of nitrogens with zero attached hydrogens (tertiary/aromatic N) is 1. The van der Waals surface area contributed by atoms with Crippen LogP contribution in [0, 0.1) is 0 Å². The fourth-order valence-electron chi connectivity index (χ4n) is 1.81. The minimum Gasteiger partial charge on any atom is -0.467 e. The minimum atomic E-state index is 0. The number of aliphatic imine (C=N–C) groups is 1. The van der Waals surface area contributed by atoms with Crippen LogP contribution in [0.3, 0.4) is 0 Å². The Kier molecular flexibility index (Phi) is 7.14. The molecule has 1 aromatic carbocycles. The van der Waals surface area contributed by atoms with Crippen LogP contribution >= 0.6 is 24.0 Å². The second kappa shape index (κ2) is 8.63. The van der Waals surface area contributed by atoms with E-state index in [9.17, 15) is 0 Å². The molecule has 0 bridgehead atoms. The van der Waals surface area contributed by atoms with Gasteiger partial charge < -0.3 is 15.1 Å². The Morgan fingerprint density at radius 2 is 1.95 bits per heavy atom. The second-order valence-corrected chi connectivity index (χ2v) is 4.28. The highest BCUT2D eigenvalue weighted by Crippen LogP contribution is 2.10. The van der Waals surface area contributed by atoms with E-state index in [2.05, 4.69) is 34.7 Å². The average molecular weight is 385 g/mol. The molecule has 4 nitrogen and oxygen atoms in total. The highest BCUT2D eigenvalue weighted by Gasteiger charge is 2.07. The molecule has 0 amide bonds. The number of nitrogens with one attached hydrogen (secondary N) is 2. The first-order chi connectivity index (χ1) is 9.29. The zero-order valence-electron chi connectivity index (χ0n) is 11.7. The van der Waals surface area contributed by atoms with Gasteiger partial charge in [0, 0.05) is 7.05 Å². The van der Waals surface area contributed by atoms with Crippen molar-refractivity contribution in [2.24, 2.45) is 4.99 Å².